The van der Waals surface area contributed by atoms with Gasteiger partial charge in [0.05, 0.1) is 23.5 Å². The predicted octanol–water partition coefficient (Wildman–Crippen LogP) is 3.98. The first-order valence-corrected chi connectivity index (χ1v) is 10.5. The van der Waals surface area contributed by atoms with E-state index in [1.54, 1.807) is 18.0 Å². The molecule has 0 fully saturated rings. The third-order valence-electron chi connectivity index (χ3n) is 5.19. The number of ether oxygens (including phenoxy) is 2. The minimum absolute atomic E-state index is 0.0769. The molecule has 0 saturated carbocycles. The van der Waals surface area contributed by atoms with Crippen molar-refractivity contribution in [2.45, 2.75) is 12.3 Å². The molecule has 4 aromatic rings. The van der Waals surface area contributed by atoms with E-state index in [4.69, 9.17) is 15.9 Å². The number of nitrogens with zero attached hydrogens (tertiary/aromatic N) is 3. The Labute approximate surface area is 182 Å². The molecule has 2 aromatic carbocycles. The van der Waals surface area contributed by atoms with Crippen LogP contribution in [0.25, 0.3) is 15.3 Å². The lowest BCUT2D eigenvalue weighted by atomic mass is 9.87. The topological polar surface area (TPSA) is 78.3 Å². The summed E-state index contributed by atoms with van der Waals surface area (Å²) in [5.74, 6) is 3.98. The lowest BCUT2D eigenvalue weighted by molar-refractivity contribution is -0.116. The van der Waals surface area contributed by atoms with Gasteiger partial charge >= 0.3 is 0 Å². The van der Waals surface area contributed by atoms with Gasteiger partial charge in [0, 0.05) is 17.9 Å². The number of para-hydroxylation sites is 1. The molecule has 1 atom stereocenters. The van der Waals surface area contributed by atoms with Crippen molar-refractivity contribution >= 4 is 33.3 Å². The summed E-state index contributed by atoms with van der Waals surface area (Å²) in [5, 5.41) is 8.22. The van der Waals surface area contributed by atoms with Gasteiger partial charge in [-0.2, -0.15) is 9.78 Å². The molecule has 5 rings (SSSR count). The van der Waals surface area contributed by atoms with Gasteiger partial charge in [-0.1, -0.05) is 35.5 Å². The second kappa shape index (κ2) is 7.78. The first-order chi connectivity index (χ1) is 15.2. The van der Waals surface area contributed by atoms with Crippen LogP contribution >= 0.6 is 11.3 Å². The van der Waals surface area contributed by atoms with E-state index in [-0.39, 0.29) is 18.4 Å². The van der Waals surface area contributed by atoms with Crippen LogP contribution in [-0.2, 0) is 4.79 Å². The van der Waals surface area contributed by atoms with Gasteiger partial charge < -0.3 is 14.8 Å². The average Bonchev–Trinajstić information content (AvgIpc) is 3.40. The SMILES string of the molecule is C#CCOc1ccc([C@H]2CC(=O)Nc3c2cnn3-c2nc3ccccc3s2)cc1OC. The molecule has 1 aliphatic heterocycles. The van der Waals surface area contributed by atoms with Gasteiger partial charge in [-0.15, -0.1) is 6.42 Å². The zero-order valence-electron chi connectivity index (χ0n) is 16.7. The van der Waals surface area contributed by atoms with Crippen molar-refractivity contribution in [3.8, 4) is 29.0 Å². The van der Waals surface area contributed by atoms with Crippen molar-refractivity contribution in [2.24, 2.45) is 0 Å². The molecule has 1 amide bonds. The first-order valence-electron chi connectivity index (χ1n) is 9.66. The largest absolute Gasteiger partial charge is 0.493 e. The number of carbonyl (C=O) groups excluding carboxylic acids is 1. The Morgan fingerprint density at radius 1 is 1.29 bits per heavy atom. The van der Waals surface area contributed by atoms with Crippen LogP contribution in [0.15, 0.2) is 48.7 Å². The average molecular weight is 430 g/mol. The van der Waals surface area contributed by atoms with Crippen LogP contribution in [0.2, 0.25) is 0 Å². The lowest BCUT2D eigenvalue weighted by Crippen LogP contribution is -2.24. The highest BCUT2D eigenvalue weighted by atomic mass is 32.1. The second-order valence-electron chi connectivity index (χ2n) is 7.03. The maximum atomic E-state index is 12.6. The zero-order valence-corrected chi connectivity index (χ0v) is 17.5. The van der Waals surface area contributed by atoms with Crippen molar-refractivity contribution in [1.82, 2.24) is 14.8 Å². The second-order valence-corrected chi connectivity index (χ2v) is 8.04. The Morgan fingerprint density at radius 2 is 2.16 bits per heavy atom. The third kappa shape index (κ3) is 3.39. The number of methoxy groups -OCH3 is 1. The number of fused-ring (bicyclic) bond motifs is 2. The zero-order chi connectivity index (χ0) is 21.4. The van der Waals surface area contributed by atoms with Gasteiger partial charge in [-0.3, -0.25) is 4.79 Å². The summed E-state index contributed by atoms with van der Waals surface area (Å²) in [7, 11) is 1.58. The van der Waals surface area contributed by atoms with Crippen LogP contribution in [0, 0.1) is 12.3 Å². The minimum Gasteiger partial charge on any atom is -0.493 e. The minimum atomic E-state index is -0.164. The fraction of sp³-hybridized carbons (Fsp3) is 0.174. The summed E-state index contributed by atoms with van der Waals surface area (Å²) in [6, 6.07) is 13.5. The number of thiazole rings is 1. The van der Waals surface area contributed by atoms with Gasteiger partial charge in [0.25, 0.3) is 0 Å². The smallest absolute Gasteiger partial charge is 0.226 e. The number of aromatic nitrogens is 3. The molecule has 1 aliphatic rings. The number of carbonyl (C=O) groups is 1. The third-order valence-corrected chi connectivity index (χ3v) is 6.20. The lowest BCUT2D eigenvalue weighted by Gasteiger charge is -2.24. The van der Waals surface area contributed by atoms with Crippen molar-refractivity contribution in [3.05, 3.63) is 59.8 Å². The number of terminal acetylenes is 1. The maximum Gasteiger partial charge on any atom is 0.226 e. The first kappa shape index (κ1) is 19.2. The van der Waals surface area contributed by atoms with Crippen LogP contribution < -0.4 is 14.8 Å². The quantitative estimate of drug-likeness (QED) is 0.485. The molecule has 1 N–H and O–H groups in total. The molecule has 0 spiro atoms. The summed E-state index contributed by atoms with van der Waals surface area (Å²) >= 11 is 1.53. The van der Waals surface area contributed by atoms with Crippen LogP contribution in [0.1, 0.15) is 23.5 Å². The van der Waals surface area contributed by atoms with Crippen molar-refractivity contribution < 1.29 is 14.3 Å². The summed E-state index contributed by atoms with van der Waals surface area (Å²) in [4.78, 5) is 17.2. The summed E-state index contributed by atoms with van der Waals surface area (Å²) < 4.78 is 13.8. The highest BCUT2D eigenvalue weighted by Crippen LogP contribution is 2.41. The van der Waals surface area contributed by atoms with Crippen LogP contribution in [0.4, 0.5) is 5.82 Å². The molecule has 0 bridgehead atoms. The van der Waals surface area contributed by atoms with Crippen molar-refractivity contribution in [2.75, 3.05) is 19.0 Å². The molecule has 154 valence electrons. The van der Waals surface area contributed by atoms with Gasteiger partial charge in [0.2, 0.25) is 11.0 Å². The summed E-state index contributed by atoms with van der Waals surface area (Å²) in [5.41, 5.74) is 2.76. The highest BCUT2D eigenvalue weighted by molar-refractivity contribution is 7.20. The summed E-state index contributed by atoms with van der Waals surface area (Å²) in [6.45, 7) is 0.153. The number of hydrogen-bond donors (Lipinski definition) is 1. The number of nitrogens with one attached hydrogen (secondary N) is 1. The molecule has 2 aromatic heterocycles. The molecular formula is C23H18N4O3S. The van der Waals surface area contributed by atoms with Crippen molar-refractivity contribution in [1.29, 1.82) is 0 Å². The van der Waals surface area contributed by atoms with Crippen LogP contribution in [0.3, 0.4) is 0 Å². The van der Waals surface area contributed by atoms with E-state index in [1.807, 2.05) is 42.5 Å². The van der Waals surface area contributed by atoms with Gasteiger partial charge in [0.1, 0.15) is 12.4 Å². The summed E-state index contributed by atoms with van der Waals surface area (Å²) in [6.07, 6.45) is 7.39. The molecule has 3 heterocycles. The number of anilines is 1. The van der Waals surface area contributed by atoms with E-state index < -0.39 is 0 Å². The number of amides is 1. The van der Waals surface area contributed by atoms with E-state index in [2.05, 4.69) is 21.3 Å². The van der Waals surface area contributed by atoms with Crippen molar-refractivity contribution in [3.63, 3.8) is 0 Å². The fourth-order valence-corrected chi connectivity index (χ4v) is 4.68. The molecule has 0 radical (unpaired) electrons. The molecule has 0 unspecified atom stereocenters. The normalized spacial score (nSPS) is 15.2. The highest BCUT2D eigenvalue weighted by Gasteiger charge is 2.31. The Balaban J connectivity index is 1.55. The molecule has 0 saturated heterocycles. The molecule has 7 nitrogen and oxygen atoms in total. The van der Waals surface area contributed by atoms with Gasteiger partial charge in [-0.25, -0.2) is 4.98 Å². The van der Waals surface area contributed by atoms with E-state index in [0.29, 0.717) is 28.9 Å². The van der Waals surface area contributed by atoms with E-state index >= 15 is 0 Å². The number of rotatable bonds is 5. The van der Waals surface area contributed by atoms with Crippen LogP contribution in [0.5, 0.6) is 11.5 Å². The Kier molecular flexibility index (Phi) is 4.81. The van der Waals surface area contributed by atoms with Gasteiger partial charge in [0.15, 0.2) is 11.5 Å². The standard InChI is InChI=1S/C23H18N4O3S/c1-3-10-30-18-9-8-14(11-19(18)29-2)15-12-21(28)26-22-16(15)13-24-27(22)23-25-17-6-4-5-7-20(17)31-23/h1,4-9,11,13,15H,10,12H2,2H3,(H,26,28)/t15-/m1/s1. The Hall–Kier alpha value is -3.83. The molecule has 8 heteroatoms. The van der Waals surface area contributed by atoms with Gasteiger partial charge in [-0.05, 0) is 29.8 Å². The molecule has 0 aliphatic carbocycles. The van der Waals surface area contributed by atoms with Crippen LogP contribution in [-0.4, -0.2) is 34.4 Å². The molecule has 31 heavy (non-hydrogen) atoms. The van der Waals surface area contributed by atoms with E-state index in [1.165, 1.54) is 11.3 Å². The number of benzene rings is 2. The van der Waals surface area contributed by atoms with E-state index in [0.717, 1.165) is 21.3 Å². The monoisotopic (exact) mass is 430 g/mol. The number of hydrogen-bond acceptors (Lipinski definition) is 6. The Bertz CT molecular complexity index is 1300. The van der Waals surface area contributed by atoms with E-state index in [9.17, 15) is 4.79 Å². The molecular weight excluding hydrogens is 412 g/mol. The Morgan fingerprint density at radius 3 is 2.97 bits per heavy atom. The predicted molar refractivity (Wildman–Crippen MR) is 119 cm³/mol. The fourth-order valence-electron chi connectivity index (χ4n) is 3.75. The maximum absolute atomic E-state index is 12.6.